The third kappa shape index (κ3) is 9.52. The molecule has 3 heteroatoms. The zero-order valence-electron chi connectivity index (χ0n) is 11.7. The molecule has 0 aromatic carbocycles. The van der Waals surface area contributed by atoms with Crippen LogP contribution in [0.1, 0.15) is 57.1 Å². The highest BCUT2D eigenvalue weighted by Gasteiger charge is 1.95. The number of nitrogens with zero attached hydrogens (tertiary/aromatic N) is 2. The van der Waals surface area contributed by atoms with Gasteiger partial charge in [-0.2, -0.15) is 0 Å². The van der Waals surface area contributed by atoms with Crippen molar-refractivity contribution in [3.8, 4) is 0 Å². The molecule has 0 N–H and O–H groups in total. The van der Waals surface area contributed by atoms with Gasteiger partial charge in [0.05, 0.1) is 5.16 Å². The van der Waals surface area contributed by atoms with Gasteiger partial charge in [-0.3, -0.25) is 4.98 Å². The Kier molecular flexibility index (Phi) is 10.1. The van der Waals surface area contributed by atoms with Crippen LogP contribution in [0.25, 0.3) is 0 Å². The van der Waals surface area contributed by atoms with Crippen molar-refractivity contribution < 1.29 is 0 Å². The van der Waals surface area contributed by atoms with Gasteiger partial charge in [0.2, 0.25) is 0 Å². The monoisotopic (exact) mass is 276 g/mol. The van der Waals surface area contributed by atoms with Crippen LogP contribution in [0.2, 0.25) is 0 Å². The van der Waals surface area contributed by atoms with Crippen molar-refractivity contribution in [2.75, 3.05) is 6.54 Å². The van der Waals surface area contributed by atoms with Gasteiger partial charge in [0.1, 0.15) is 0 Å². The van der Waals surface area contributed by atoms with Crippen molar-refractivity contribution in [1.29, 1.82) is 0 Å². The third-order valence-corrected chi connectivity index (χ3v) is 3.37. The Morgan fingerprint density at radius 3 is 2.26 bits per heavy atom. The van der Waals surface area contributed by atoms with Crippen LogP contribution in [0, 0.1) is 0 Å². The summed E-state index contributed by atoms with van der Waals surface area (Å²) in [6, 6.07) is 6.15. The van der Waals surface area contributed by atoms with Crippen molar-refractivity contribution >= 4 is 17.4 Å². The number of aliphatic imine (C=N–C) groups is 1. The molecule has 0 unspecified atom stereocenters. The topological polar surface area (TPSA) is 25.2 Å². The predicted molar refractivity (Wildman–Crippen MR) is 84.8 cm³/mol. The predicted octanol–water partition coefficient (Wildman–Crippen LogP) is 4.85. The van der Waals surface area contributed by atoms with Crippen molar-refractivity contribution in [2.45, 2.75) is 57.8 Å². The van der Waals surface area contributed by atoms with E-state index in [0.717, 1.165) is 19.4 Å². The minimum atomic E-state index is 0.855. The van der Waals surface area contributed by atoms with Gasteiger partial charge in [-0.15, -0.1) is 0 Å². The lowest BCUT2D eigenvalue weighted by Gasteiger charge is -2.02. The normalized spacial score (nSPS) is 10.1. The van der Waals surface area contributed by atoms with Crippen LogP contribution in [-0.4, -0.2) is 16.7 Å². The second-order valence-electron chi connectivity index (χ2n) is 4.87. The van der Waals surface area contributed by atoms with Crippen LogP contribution in [0.3, 0.4) is 0 Å². The molecule has 0 aliphatic rings. The van der Waals surface area contributed by atoms with E-state index in [1.54, 1.807) is 0 Å². The Bertz CT molecular complexity index is 358. The average Bonchev–Trinajstić information content (AvgIpc) is 2.46. The molecule has 19 heavy (non-hydrogen) atoms. The van der Waals surface area contributed by atoms with Crippen molar-refractivity contribution in [1.82, 2.24) is 4.98 Å². The smallest absolute Gasteiger partial charge is 0.0584 e. The van der Waals surface area contributed by atoms with Crippen LogP contribution in [0.15, 0.2) is 29.4 Å². The Labute approximate surface area is 122 Å². The van der Waals surface area contributed by atoms with Gasteiger partial charge in [0.25, 0.3) is 0 Å². The molecular formula is C16H24N2S. The molecular weight excluding hydrogens is 252 g/mol. The summed E-state index contributed by atoms with van der Waals surface area (Å²) < 4.78 is 0. The summed E-state index contributed by atoms with van der Waals surface area (Å²) in [5.74, 6) is 0. The number of aromatic nitrogens is 1. The van der Waals surface area contributed by atoms with Gasteiger partial charge in [-0.25, -0.2) is 4.99 Å². The maximum atomic E-state index is 4.53. The summed E-state index contributed by atoms with van der Waals surface area (Å²) in [5, 5.41) is 2.41. The summed E-state index contributed by atoms with van der Waals surface area (Å²) in [7, 11) is 0. The Morgan fingerprint density at radius 1 is 0.947 bits per heavy atom. The molecule has 0 saturated heterocycles. The molecule has 1 heterocycles. The van der Waals surface area contributed by atoms with Gasteiger partial charge in [-0.1, -0.05) is 44.6 Å². The quantitative estimate of drug-likeness (QED) is 0.328. The Morgan fingerprint density at radius 2 is 1.63 bits per heavy atom. The van der Waals surface area contributed by atoms with E-state index < -0.39 is 0 Å². The zero-order valence-corrected chi connectivity index (χ0v) is 12.5. The van der Waals surface area contributed by atoms with Gasteiger partial charge in [0.15, 0.2) is 0 Å². The fraction of sp³-hybridized carbons (Fsp3) is 0.625. The molecule has 0 bridgehead atoms. The van der Waals surface area contributed by atoms with E-state index in [4.69, 9.17) is 0 Å². The Balaban J connectivity index is 1.82. The minimum absolute atomic E-state index is 0.855. The zero-order chi connectivity index (χ0) is 13.6. The highest BCUT2D eigenvalue weighted by atomic mass is 32.1. The summed E-state index contributed by atoms with van der Waals surface area (Å²) in [6.45, 7) is 0.855. The molecule has 0 atom stereocenters. The summed E-state index contributed by atoms with van der Waals surface area (Å²) in [6.07, 6.45) is 13.4. The molecule has 104 valence electrons. The van der Waals surface area contributed by atoms with Crippen LogP contribution < -0.4 is 0 Å². The van der Waals surface area contributed by atoms with E-state index in [1.165, 1.54) is 50.6 Å². The van der Waals surface area contributed by atoms with Gasteiger partial charge in [-0.05, 0) is 43.6 Å². The summed E-state index contributed by atoms with van der Waals surface area (Å²) in [4.78, 5) is 8.26. The number of hydrogen-bond acceptors (Lipinski definition) is 3. The van der Waals surface area contributed by atoms with E-state index in [9.17, 15) is 0 Å². The number of rotatable bonds is 11. The molecule has 0 aliphatic carbocycles. The first kappa shape index (κ1) is 16.0. The fourth-order valence-corrected chi connectivity index (χ4v) is 2.24. The molecule has 0 amide bonds. The lowest BCUT2D eigenvalue weighted by atomic mass is 10.1. The number of pyridine rings is 1. The van der Waals surface area contributed by atoms with Crippen molar-refractivity contribution in [3.05, 3.63) is 30.1 Å². The minimum Gasteiger partial charge on any atom is -0.261 e. The fourth-order valence-electron chi connectivity index (χ4n) is 2.15. The van der Waals surface area contributed by atoms with E-state index in [0.29, 0.717) is 0 Å². The van der Waals surface area contributed by atoms with Gasteiger partial charge >= 0.3 is 0 Å². The average molecular weight is 276 g/mol. The first-order chi connectivity index (χ1) is 9.43. The lowest BCUT2D eigenvalue weighted by Crippen LogP contribution is -1.89. The van der Waals surface area contributed by atoms with E-state index in [-0.39, 0.29) is 0 Å². The van der Waals surface area contributed by atoms with E-state index in [2.05, 4.69) is 39.5 Å². The second kappa shape index (κ2) is 12.0. The summed E-state index contributed by atoms with van der Waals surface area (Å²) in [5.41, 5.74) is 1.22. The summed E-state index contributed by atoms with van der Waals surface area (Å²) >= 11 is 4.53. The number of aryl methyl sites for hydroxylation is 1. The molecule has 2 nitrogen and oxygen atoms in total. The molecule has 1 aromatic heterocycles. The van der Waals surface area contributed by atoms with Crippen LogP contribution in [0.4, 0.5) is 0 Å². The molecule has 0 spiro atoms. The maximum Gasteiger partial charge on any atom is 0.0584 e. The highest BCUT2D eigenvalue weighted by Crippen LogP contribution is 2.10. The molecule has 0 radical (unpaired) electrons. The molecule has 1 aromatic rings. The van der Waals surface area contributed by atoms with Gasteiger partial charge < -0.3 is 0 Å². The van der Waals surface area contributed by atoms with Crippen molar-refractivity contribution in [2.24, 2.45) is 4.99 Å². The van der Waals surface area contributed by atoms with Crippen LogP contribution in [0.5, 0.6) is 0 Å². The second-order valence-corrected chi connectivity index (χ2v) is 5.06. The third-order valence-electron chi connectivity index (χ3n) is 3.24. The van der Waals surface area contributed by atoms with Crippen LogP contribution >= 0.6 is 12.2 Å². The standard InChI is InChI=1S/C16H24N2S/c19-15-17-13-9-6-4-2-1-3-5-7-11-16-12-8-10-14-18-16/h8,10,12,14H,1-7,9,11,13H2. The largest absolute Gasteiger partial charge is 0.261 e. The molecule has 0 aliphatic heterocycles. The molecule has 1 rings (SSSR count). The molecule has 0 saturated carbocycles. The number of unbranched alkanes of at least 4 members (excludes halogenated alkanes) is 7. The van der Waals surface area contributed by atoms with Gasteiger partial charge in [0, 0.05) is 18.4 Å². The lowest BCUT2D eigenvalue weighted by molar-refractivity contribution is 0.569. The SMILES string of the molecule is S=C=NCCCCCCCCCCc1ccccn1. The first-order valence-corrected chi connectivity index (χ1v) is 7.78. The highest BCUT2D eigenvalue weighted by molar-refractivity contribution is 7.78. The molecule has 0 fully saturated rings. The van der Waals surface area contributed by atoms with E-state index >= 15 is 0 Å². The van der Waals surface area contributed by atoms with E-state index in [1.807, 2.05) is 12.3 Å². The maximum absolute atomic E-state index is 4.53. The first-order valence-electron chi connectivity index (χ1n) is 7.37. The number of thiocarbonyl (C=S) groups is 1. The van der Waals surface area contributed by atoms with Crippen LogP contribution in [-0.2, 0) is 6.42 Å². The number of isothiocyanates is 1. The Hall–Kier alpha value is -1.05. The number of hydrogen-bond donors (Lipinski definition) is 0. The van der Waals surface area contributed by atoms with Crippen molar-refractivity contribution in [3.63, 3.8) is 0 Å².